The lowest BCUT2D eigenvalue weighted by molar-refractivity contribution is 0.241. The summed E-state index contributed by atoms with van der Waals surface area (Å²) < 4.78 is 17.4. The molecular formula is C24H24ClFN6O2. The summed E-state index contributed by atoms with van der Waals surface area (Å²) in [6, 6.07) is 14.2. The third-order valence-electron chi connectivity index (χ3n) is 6.30. The van der Waals surface area contributed by atoms with Gasteiger partial charge >= 0.3 is 5.69 Å². The number of nitrogens with zero attached hydrogens (tertiary/aromatic N) is 5. The molecule has 0 bridgehead atoms. The van der Waals surface area contributed by atoms with Crippen LogP contribution in [0, 0.1) is 5.82 Å². The number of hydrogen-bond donors (Lipinski definition) is 1. The van der Waals surface area contributed by atoms with E-state index >= 15 is 0 Å². The molecule has 0 spiro atoms. The van der Waals surface area contributed by atoms with Crippen molar-refractivity contribution in [3.63, 3.8) is 0 Å². The Bertz CT molecular complexity index is 1470. The molecule has 0 atom stereocenters. The van der Waals surface area contributed by atoms with E-state index in [-0.39, 0.29) is 5.82 Å². The number of anilines is 1. The molecule has 34 heavy (non-hydrogen) atoms. The molecule has 1 N–H and O–H groups in total. The molecule has 3 heterocycles. The zero-order valence-electron chi connectivity index (χ0n) is 18.7. The smallest absolute Gasteiger partial charge is 0.329 e. The van der Waals surface area contributed by atoms with Crippen molar-refractivity contribution in [1.29, 1.82) is 0 Å². The van der Waals surface area contributed by atoms with Crippen LogP contribution >= 0.6 is 11.6 Å². The molecule has 1 aliphatic rings. The summed E-state index contributed by atoms with van der Waals surface area (Å²) in [7, 11) is 1.59. The molecule has 5 rings (SSSR count). The van der Waals surface area contributed by atoms with Crippen LogP contribution in [0.25, 0.3) is 11.2 Å². The van der Waals surface area contributed by atoms with E-state index in [0.29, 0.717) is 67.0 Å². The van der Waals surface area contributed by atoms with Crippen molar-refractivity contribution in [2.24, 2.45) is 7.05 Å². The molecule has 2 aromatic heterocycles. The Labute approximate surface area is 199 Å². The maximum absolute atomic E-state index is 14.2. The highest BCUT2D eigenvalue weighted by molar-refractivity contribution is 6.31. The average Bonchev–Trinajstić information content (AvgIpc) is 3.18. The van der Waals surface area contributed by atoms with Gasteiger partial charge < -0.3 is 9.47 Å². The third-order valence-corrected chi connectivity index (χ3v) is 6.67. The first-order chi connectivity index (χ1) is 16.4. The first kappa shape index (κ1) is 22.4. The lowest BCUT2D eigenvalue weighted by Gasteiger charge is -2.36. The summed E-state index contributed by atoms with van der Waals surface area (Å²) in [5.41, 5.74) is 1.14. The molecule has 1 aliphatic heterocycles. The molecule has 1 saturated heterocycles. The molecule has 2 aromatic carbocycles. The summed E-state index contributed by atoms with van der Waals surface area (Å²) in [4.78, 5) is 36.2. The van der Waals surface area contributed by atoms with Crippen molar-refractivity contribution >= 4 is 28.5 Å². The molecule has 8 nitrogen and oxygen atoms in total. The summed E-state index contributed by atoms with van der Waals surface area (Å²) >= 11 is 6.40. The molecule has 176 valence electrons. The number of para-hydroxylation sites is 1. The fraction of sp³-hybridized carbons (Fsp3) is 0.292. The highest BCUT2D eigenvalue weighted by Crippen LogP contribution is 2.23. The quantitative estimate of drug-likeness (QED) is 0.473. The van der Waals surface area contributed by atoms with Crippen LogP contribution in [0.5, 0.6) is 0 Å². The second-order valence-electron chi connectivity index (χ2n) is 8.41. The number of rotatable bonds is 5. The third kappa shape index (κ3) is 4.12. The summed E-state index contributed by atoms with van der Waals surface area (Å²) in [6.07, 6.45) is 0. The van der Waals surface area contributed by atoms with E-state index in [2.05, 4.69) is 9.88 Å². The highest BCUT2D eigenvalue weighted by Gasteiger charge is 2.23. The topological polar surface area (TPSA) is 79.2 Å². The lowest BCUT2D eigenvalue weighted by Crippen LogP contribution is -2.46. The maximum atomic E-state index is 14.2. The van der Waals surface area contributed by atoms with Gasteiger partial charge in [-0.1, -0.05) is 41.9 Å². The van der Waals surface area contributed by atoms with Crippen LogP contribution in [0.4, 0.5) is 10.1 Å². The van der Waals surface area contributed by atoms with Gasteiger partial charge in [-0.3, -0.25) is 19.2 Å². The van der Waals surface area contributed by atoms with Gasteiger partial charge in [0, 0.05) is 38.2 Å². The minimum absolute atomic E-state index is 0.224. The number of fused-ring (bicyclic) bond motifs is 1. The molecule has 4 aromatic rings. The number of H-pyrrole nitrogens is 1. The number of aromatic nitrogens is 4. The minimum atomic E-state index is -0.509. The molecule has 0 saturated carbocycles. The van der Waals surface area contributed by atoms with Crippen molar-refractivity contribution in [3.05, 3.63) is 91.6 Å². The van der Waals surface area contributed by atoms with Gasteiger partial charge in [-0.05, 0) is 23.8 Å². The van der Waals surface area contributed by atoms with Gasteiger partial charge in [0.1, 0.15) is 11.6 Å². The molecular weight excluding hydrogens is 459 g/mol. The molecule has 1 fully saturated rings. The Hall–Kier alpha value is -3.43. The van der Waals surface area contributed by atoms with Gasteiger partial charge in [0.15, 0.2) is 11.2 Å². The van der Waals surface area contributed by atoms with Crippen LogP contribution in [-0.2, 0) is 20.1 Å². The Balaban J connectivity index is 1.46. The maximum Gasteiger partial charge on any atom is 0.329 e. The van der Waals surface area contributed by atoms with Crippen LogP contribution in [-0.4, -0.2) is 50.2 Å². The number of nitrogens with one attached hydrogen (secondary N) is 1. The SMILES string of the molecule is Cn1c(=O)[nH]c(=O)c2c1nc(CN1CCN(c3ccccc3F)CC1)n2Cc1ccccc1Cl. The average molecular weight is 483 g/mol. The van der Waals surface area contributed by atoms with Crippen molar-refractivity contribution < 1.29 is 4.39 Å². The summed E-state index contributed by atoms with van der Waals surface area (Å²) in [5.74, 6) is 0.443. The van der Waals surface area contributed by atoms with E-state index in [9.17, 15) is 14.0 Å². The summed E-state index contributed by atoms with van der Waals surface area (Å²) in [6.45, 7) is 3.59. The number of benzene rings is 2. The van der Waals surface area contributed by atoms with Gasteiger partial charge in [0.2, 0.25) is 0 Å². The van der Waals surface area contributed by atoms with E-state index in [1.54, 1.807) is 25.2 Å². The predicted molar refractivity (Wildman–Crippen MR) is 130 cm³/mol. The fourth-order valence-corrected chi connectivity index (χ4v) is 4.62. The first-order valence-electron chi connectivity index (χ1n) is 11.1. The number of halogens is 2. The number of aryl methyl sites for hydroxylation is 1. The van der Waals surface area contributed by atoms with E-state index in [1.807, 2.05) is 33.7 Å². The zero-order valence-corrected chi connectivity index (χ0v) is 19.4. The highest BCUT2D eigenvalue weighted by atomic mass is 35.5. The van der Waals surface area contributed by atoms with Gasteiger partial charge in [0.05, 0.1) is 18.8 Å². The van der Waals surface area contributed by atoms with Crippen LogP contribution in [0.2, 0.25) is 5.02 Å². The Morgan fingerprint density at radius 2 is 1.71 bits per heavy atom. The van der Waals surface area contributed by atoms with E-state index in [4.69, 9.17) is 16.6 Å². The molecule has 0 unspecified atom stereocenters. The normalized spacial score (nSPS) is 14.7. The van der Waals surface area contributed by atoms with Gasteiger partial charge in [-0.25, -0.2) is 14.2 Å². The van der Waals surface area contributed by atoms with Crippen LogP contribution in [0.15, 0.2) is 58.1 Å². The van der Waals surface area contributed by atoms with E-state index in [1.165, 1.54) is 10.6 Å². The first-order valence-corrected chi connectivity index (χ1v) is 11.4. The largest absolute Gasteiger partial charge is 0.367 e. The lowest BCUT2D eigenvalue weighted by atomic mass is 10.2. The number of hydrogen-bond acceptors (Lipinski definition) is 5. The van der Waals surface area contributed by atoms with E-state index in [0.717, 1.165) is 5.56 Å². The zero-order chi connectivity index (χ0) is 23.8. The monoisotopic (exact) mass is 482 g/mol. The van der Waals surface area contributed by atoms with Crippen LogP contribution in [0.1, 0.15) is 11.4 Å². The van der Waals surface area contributed by atoms with E-state index < -0.39 is 11.2 Å². The van der Waals surface area contributed by atoms with Crippen molar-refractivity contribution in [1.82, 2.24) is 24.0 Å². The van der Waals surface area contributed by atoms with Gasteiger partial charge in [-0.15, -0.1) is 0 Å². The van der Waals surface area contributed by atoms with Gasteiger partial charge in [0.25, 0.3) is 5.56 Å². The molecule has 0 amide bonds. The number of imidazole rings is 1. The Morgan fingerprint density at radius 1 is 1.00 bits per heavy atom. The molecule has 0 aliphatic carbocycles. The van der Waals surface area contributed by atoms with Crippen molar-refractivity contribution in [2.45, 2.75) is 13.1 Å². The Morgan fingerprint density at radius 3 is 2.44 bits per heavy atom. The second kappa shape index (κ2) is 9.08. The molecule has 0 radical (unpaired) electrons. The Kier molecular flexibility index (Phi) is 5.97. The van der Waals surface area contributed by atoms with Crippen LogP contribution in [0.3, 0.4) is 0 Å². The van der Waals surface area contributed by atoms with Crippen molar-refractivity contribution in [3.8, 4) is 0 Å². The molecule has 10 heteroatoms. The number of piperazine rings is 1. The van der Waals surface area contributed by atoms with Crippen molar-refractivity contribution in [2.75, 3.05) is 31.1 Å². The minimum Gasteiger partial charge on any atom is -0.367 e. The number of aromatic amines is 1. The van der Waals surface area contributed by atoms with Gasteiger partial charge in [-0.2, -0.15) is 0 Å². The predicted octanol–water partition coefficient (Wildman–Crippen LogP) is 2.59. The second-order valence-corrected chi connectivity index (χ2v) is 8.82. The van der Waals surface area contributed by atoms with Crippen LogP contribution < -0.4 is 16.1 Å². The summed E-state index contributed by atoms with van der Waals surface area (Å²) in [5, 5.41) is 0.593. The standard InChI is InChI=1S/C24H24ClFN6O2/c1-29-22-21(23(33)28-24(29)34)32(14-16-6-2-3-7-17(16)25)20(27-22)15-30-10-12-31(13-11-30)19-9-5-4-8-18(19)26/h2-9H,10-15H2,1H3,(H,28,33,34). The fourth-order valence-electron chi connectivity index (χ4n) is 4.42.